The molecule has 9 nitrogen and oxygen atoms in total. The minimum absolute atomic E-state index is 0.135. The van der Waals surface area contributed by atoms with Crippen LogP contribution in [0, 0.1) is 0 Å². The largest absolute Gasteiger partial charge is 0.383 e. The van der Waals surface area contributed by atoms with Crippen LogP contribution in [0.2, 0.25) is 0 Å². The minimum Gasteiger partial charge on any atom is -0.383 e. The van der Waals surface area contributed by atoms with Crippen molar-refractivity contribution in [2.75, 3.05) is 13.7 Å². The van der Waals surface area contributed by atoms with E-state index in [4.69, 9.17) is 4.74 Å². The molecular formula is C27H29N5O4. The second-order valence-corrected chi connectivity index (χ2v) is 9.09. The van der Waals surface area contributed by atoms with E-state index in [0.717, 1.165) is 28.5 Å². The molecule has 1 aliphatic carbocycles. The molecule has 0 unspecified atom stereocenters. The number of rotatable bonds is 10. The van der Waals surface area contributed by atoms with E-state index < -0.39 is 11.2 Å². The first-order chi connectivity index (χ1) is 17.6. The third-order valence-corrected chi connectivity index (χ3v) is 6.50. The molecule has 1 fully saturated rings. The van der Waals surface area contributed by atoms with Crippen molar-refractivity contribution in [1.29, 1.82) is 0 Å². The zero-order chi connectivity index (χ0) is 25.1. The molecule has 186 valence electrons. The highest BCUT2D eigenvalue weighted by molar-refractivity contribution is 5.77. The zero-order valence-corrected chi connectivity index (χ0v) is 20.2. The Hall–Kier alpha value is -3.98. The average Bonchev–Trinajstić information content (AvgIpc) is 3.66. The summed E-state index contributed by atoms with van der Waals surface area (Å²) in [6, 6.07) is 19.4. The first kappa shape index (κ1) is 23.7. The van der Waals surface area contributed by atoms with Gasteiger partial charge in [0.15, 0.2) is 11.2 Å². The Morgan fingerprint density at radius 2 is 1.67 bits per heavy atom. The Kier molecular flexibility index (Phi) is 6.81. The van der Waals surface area contributed by atoms with Gasteiger partial charge < -0.3 is 14.2 Å². The molecule has 0 spiro atoms. The van der Waals surface area contributed by atoms with Gasteiger partial charge >= 0.3 is 5.69 Å². The Morgan fingerprint density at radius 3 is 2.31 bits per heavy atom. The van der Waals surface area contributed by atoms with Gasteiger partial charge in [-0.25, -0.2) is 14.3 Å². The van der Waals surface area contributed by atoms with Crippen molar-refractivity contribution in [2.45, 2.75) is 45.1 Å². The number of nitrogens with zero attached hydrogens (tertiary/aromatic N) is 5. The number of aromatic nitrogens is 4. The molecule has 0 radical (unpaired) electrons. The molecule has 36 heavy (non-hydrogen) atoms. The normalized spacial score (nSPS) is 13.2. The lowest BCUT2D eigenvalue weighted by atomic mass is 10.2. The van der Waals surface area contributed by atoms with Crippen LogP contribution in [0.4, 0.5) is 0 Å². The predicted molar refractivity (Wildman–Crippen MR) is 136 cm³/mol. The van der Waals surface area contributed by atoms with E-state index in [0.29, 0.717) is 25.3 Å². The molecule has 4 aromatic rings. The number of ether oxygens (including phenoxy) is 1. The summed E-state index contributed by atoms with van der Waals surface area (Å²) in [4.78, 5) is 46.9. The molecule has 2 heterocycles. The van der Waals surface area contributed by atoms with Crippen molar-refractivity contribution in [3.05, 3.63) is 99.0 Å². The van der Waals surface area contributed by atoms with Crippen molar-refractivity contribution in [3.63, 3.8) is 0 Å². The van der Waals surface area contributed by atoms with Gasteiger partial charge in [0.2, 0.25) is 5.91 Å². The van der Waals surface area contributed by atoms with E-state index in [1.807, 2.05) is 60.7 Å². The number of carbonyl (C=O) groups is 1. The van der Waals surface area contributed by atoms with Crippen molar-refractivity contribution >= 4 is 17.1 Å². The van der Waals surface area contributed by atoms with Gasteiger partial charge in [0.25, 0.3) is 5.56 Å². The van der Waals surface area contributed by atoms with E-state index in [-0.39, 0.29) is 30.6 Å². The van der Waals surface area contributed by atoms with Crippen LogP contribution in [0.15, 0.2) is 76.6 Å². The molecule has 0 N–H and O–H groups in total. The Balaban J connectivity index is 1.55. The van der Waals surface area contributed by atoms with Crippen LogP contribution in [-0.4, -0.2) is 49.3 Å². The minimum atomic E-state index is -0.544. The van der Waals surface area contributed by atoms with Gasteiger partial charge in [-0.3, -0.25) is 14.2 Å². The molecule has 1 saturated carbocycles. The number of hydrogen-bond acceptors (Lipinski definition) is 5. The molecule has 1 amide bonds. The summed E-state index contributed by atoms with van der Waals surface area (Å²) in [5.41, 5.74) is 1.44. The van der Waals surface area contributed by atoms with E-state index in [9.17, 15) is 14.4 Å². The van der Waals surface area contributed by atoms with E-state index >= 15 is 0 Å². The maximum Gasteiger partial charge on any atom is 0.333 e. The summed E-state index contributed by atoms with van der Waals surface area (Å²) in [5.74, 6) is -0.242. The third kappa shape index (κ3) is 4.87. The number of amides is 1. The number of benzene rings is 2. The lowest BCUT2D eigenvalue weighted by molar-refractivity contribution is -0.133. The van der Waals surface area contributed by atoms with Crippen molar-refractivity contribution in [2.24, 2.45) is 0 Å². The highest BCUT2D eigenvalue weighted by Gasteiger charge is 2.33. The fourth-order valence-corrected chi connectivity index (χ4v) is 4.46. The molecule has 0 saturated heterocycles. The number of methoxy groups -OCH3 is 1. The van der Waals surface area contributed by atoms with E-state index in [2.05, 4.69) is 4.98 Å². The highest BCUT2D eigenvalue weighted by Crippen LogP contribution is 2.28. The highest BCUT2D eigenvalue weighted by atomic mass is 16.5. The van der Waals surface area contributed by atoms with Crippen molar-refractivity contribution in [3.8, 4) is 0 Å². The molecule has 9 heteroatoms. The zero-order valence-electron chi connectivity index (χ0n) is 20.2. The van der Waals surface area contributed by atoms with E-state index in [1.54, 1.807) is 22.9 Å². The quantitative estimate of drug-likeness (QED) is 0.342. The van der Waals surface area contributed by atoms with Crippen LogP contribution >= 0.6 is 0 Å². The number of hydrogen-bond donors (Lipinski definition) is 0. The number of imidazole rings is 1. The second-order valence-electron chi connectivity index (χ2n) is 9.09. The number of fused-ring (bicyclic) bond motifs is 1. The fourth-order valence-electron chi connectivity index (χ4n) is 4.46. The molecule has 5 rings (SSSR count). The predicted octanol–water partition coefficient (Wildman–Crippen LogP) is 2.25. The van der Waals surface area contributed by atoms with Crippen molar-refractivity contribution in [1.82, 2.24) is 23.6 Å². The maximum absolute atomic E-state index is 13.6. The lowest BCUT2D eigenvalue weighted by Crippen LogP contribution is -2.45. The molecule has 0 atom stereocenters. The Labute approximate surface area is 208 Å². The summed E-state index contributed by atoms with van der Waals surface area (Å²) in [6.07, 6.45) is 3.40. The smallest absolute Gasteiger partial charge is 0.333 e. The molecule has 0 bridgehead atoms. The first-order valence-electron chi connectivity index (χ1n) is 12.1. The second kappa shape index (κ2) is 10.3. The monoisotopic (exact) mass is 487 g/mol. The summed E-state index contributed by atoms with van der Waals surface area (Å²) < 4.78 is 9.40. The SMILES string of the molecule is COCCn1cnc2c1c(=O)n(CC(=O)N(Cc1ccccc1)C1CC1)c(=O)n2Cc1ccccc1. The van der Waals surface area contributed by atoms with Gasteiger partial charge in [-0.1, -0.05) is 60.7 Å². The molecule has 0 aliphatic heterocycles. The maximum atomic E-state index is 13.6. The topological polar surface area (TPSA) is 91.4 Å². The van der Waals surface area contributed by atoms with Gasteiger partial charge in [0, 0.05) is 26.2 Å². The van der Waals surface area contributed by atoms with Crippen LogP contribution < -0.4 is 11.2 Å². The molecule has 1 aliphatic rings. The summed E-state index contributed by atoms with van der Waals surface area (Å²) >= 11 is 0. The fraction of sp³-hybridized carbons (Fsp3) is 0.333. The lowest BCUT2D eigenvalue weighted by Gasteiger charge is -2.23. The first-order valence-corrected chi connectivity index (χ1v) is 12.1. The van der Waals surface area contributed by atoms with E-state index in [1.165, 1.54) is 4.57 Å². The standard InChI is InChI=1S/C27H29N5O4/c1-36-15-14-29-19-28-25-24(29)26(34)32(27(35)31(25)17-21-10-6-3-7-11-21)18-23(33)30(22-12-13-22)16-20-8-4-2-5-9-20/h2-11,19,22H,12-18H2,1H3. The van der Waals surface area contributed by atoms with Gasteiger partial charge in [0.05, 0.1) is 19.5 Å². The molecule has 2 aromatic heterocycles. The molecular weight excluding hydrogens is 458 g/mol. The summed E-state index contributed by atoms with van der Waals surface area (Å²) in [6.45, 7) is 1.16. The van der Waals surface area contributed by atoms with Crippen LogP contribution in [0.1, 0.15) is 24.0 Å². The average molecular weight is 488 g/mol. The summed E-state index contributed by atoms with van der Waals surface area (Å²) in [7, 11) is 1.58. The van der Waals surface area contributed by atoms with Crippen LogP contribution in [0.25, 0.3) is 11.2 Å². The van der Waals surface area contributed by atoms with Crippen LogP contribution in [-0.2, 0) is 35.7 Å². The van der Waals surface area contributed by atoms with Crippen LogP contribution in [0.5, 0.6) is 0 Å². The third-order valence-electron chi connectivity index (χ3n) is 6.50. The number of carbonyl (C=O) groups excluding carboxylic acids is 1. The Bertz CT molecular complexity index is 1470. The Morgan fingerprint density at radius 1 is 1.00 bits per heavy atom. The van der Waals surface area contributed by atoms with Gasteiger partial charge in [-0.05, 0) is 24.0 Å². The van der Waals surface area contributed by atoms with Gasteiger partial charge in [0.1, 0.15) is 6.54 Å². The molecule has 2 aromatic carbocycles. The van der Waals surface area contributed by atoms with Crippen LogP contribution in [0.3, 0.4) is 0 Å². The summed E-state index contributed by atoms with van der Waals surface area (Å²) in [5, 5.41) is 0. The van der Waals surface area contributed by atoms with Gasteiger partial charge in [-0.15, -0.1) is 0 Å². The van der Waals surface area contributed by atoms with Crippen molar-refractivity contribution < 1.29 is 9.53 Å². The van der Waals surface area contributed by atoms with Gasteiger partial charge in [-0.2, -0.15) is 0 Å².